The Morgan fingerprint density at radius 2 is 2.17 bits per heavy atom. The topological polar surface area (TPSA) is 59.3 Å². The first kappa shape index (κ1) is 13.8. The molecule has 0 spiro atoms. The Hall–Kier alpha value is -2.28. The fourth-order valence-electron chi connectivity index (χ4n) is 1.49. The number of benzene rings is 1. The fourth-order valence-corrected chi connectivity index (χ4v) is 1.49. The summed E-state index contributed by atoms with van der Waals surface area (Å²) in [6.45, 7) is 3.66. The van der Waals surface area contributed by atoms with Gasteiger partial charge in [-0.15, -0.1) is 0 Å². The summed E-state index contributed by atoms with van der Waals surface area (Å²) in [4.78, 5) is 11.6. The molecule has 0 aromatic heterocycles. The molecule has 0 N–H and O–H groups in total. The quantitative estimate of drug-likeness (QED) is 0.464. The molecule has 0 fully saturated rings. The molecule has 0 amide bonds. The number of carbonyl (C=O) groups is 1. The number of methoxy groups -OCH3 is 1. The van der Waals surface area contributed by atoms with Gasteiger partial charge >= 0.3 is 5.97 Å². The van der Waals surface area contributed by atoms with Crippen molar-refractivity contribution < 1.29 is 14.3 Å². The summed E-state index contributed by atoms with van der Waals surface area (Å²) < 4.78 is 9.95. The molecule has 0 saturated carbocycles. The molecule has 94 valence electrons. The molecule has 0 radical (unpaired) electrons. The zero-order valence-corrected chi connectivity index (χ0v) is 10.7. The van der Waals surface area contributed by atoms with Gasteiger partial charge in [-0.05, 0) is 37.1 Å². The third kappa shape index (κ3) is 3.11. The summed E-state index contributed by atoms with van der Waals surface area (Å²) in [5, 5.41) is 9.04. The minimum absolute atomic E-state index is 0.0186. The molecule has 1 aromatic rings. The van der Waals surface area contributed by atoms with Crippen molar-refractivity contribution in [2.24, 2.45) is 0 Å². The van der Waals surface area contributed by atoms with Crippen LogP contribution in [0.4, 0.5) is 0 Å². The van der Waals surface area contributed by atoms with Gasteiger partial charge in [-0.25, -0.2) is 4.79 Å². The molecular formula is C14H15NO3. The molecule has 0 unspecified atom stereocenters. The van der Waals surface area contributed by atoms with Crippen LogP contribution in [0.3, 0.4) is 0 Å². The van der Waals surface area contributed by atoms with Crippen molar-refractivity contribution in [1.29, 1.82) is 5.26 Å². The Balaban J connectivity index is 3.19. The lowest BCUT2D eigenvalue weighted by Crippen LogP contribution is -2.08. The van der Waals surface area contributed by atoms with Crippen LogP contribution in [0.1, 0.15) is 19.4 Å². The molecule has 0 atom stereocenters. The van der Waals surface area contributed by atoms with Gasteiger partial charge in [0, 0.05) is 0 Å². The highest BCUT2D eigenvalue weighted by Crippen LogP contribution is 2.22. The molecule has 0 aliphatic rings. The molecule has 0 heterocycles. The predicted octanol–water partition coefficient (Wildman–Crippen LogP) is 2.56. The van der Waals surface area contributed by atoms with Gasteiger partial charge in [0.2, 0.25) is 0 Å². The van der Waals surface area contributed by atoms with Gasteiger partial charge in [-0.2, -0.15) is 5.26 Å². The first-order valence-corrected chi connectivity index (χ1v) is 5.56. The van der Waals surface area contributed by atoms with Crippen LogP contribution in [0, 0.1) is 11.3 Å². The summed E-state index contributed by atoms with van der Waals surface area (Å²) in [7, 11) is 1.56. The Kier molecular flexibility index (Phi) is 4.94. The van der Waals surface area contributed by atoms with E-state index in [1.807, 2.05) is 12.1 Å². The van der Waals surface area contributed by atoms with Gasteiger partial charge in [-0.1, -0.05) is 12.1 Å². The van der Waals surface area contributed by atoms with E-state index in [0.717, 1.165) is 5.56 Å². The molecule has 1 aromatic carbocycles. The second-order valence-electron chi connectivity index (χ2n) is 3.56. The zero-order chi connectivity index (χ0) is 13.5. The largest absolute Gasteiger partial charge is 0.497 e. The van der Waals surface area contributed by atoms with Crippen molar-refractivity contribution in [2.45, 2.75) is 13.8 Å². The molecule has 18 heavy (non-hydrogen) atoms. The predicted molar refractivity (Wildman–Crippen MR) is 67.8 cm³/mol. The molecule has 0 aliphatic heterocycles. The van der Waals surface area contributed by atoms with E-state index in [0.29, 0.717) is 11.3 Å². The van der Waals surface area contributed by atoms with Crippen LogP contribution in [-0.2, 0) is 9.53 Å². The lowest BCUT2D eigenvalue weighted by Gasteiger charge is -2.07. The second kappa shape index (κ2) is 6.45. The molecule has 1 rings (SSSR count). The SMILES string of the molecule is CCOC(=O)/C(C#N)=C(\C)c1cccc(OC)c1. The van der Waals surface area contributed by atoms with Crippen molar-refractivity contribution in [3.8, 4) is 11.8 Å². The van der Waals surface area contributed by atoms with Crippen LogP contribution in [0.15, 0.2) is 29.8 Å². The molecule has 0 bridgehead atoms. The number of nitrogens with zero attached hydrogens (tertiary/aromatic N) is 1. The highest BCUT2D eigenvalue weighted by Gasteiger charge is 2.15. The Morgan fingerprint density at radius 3 is 2.72 bits per heavy atom. The lowest BCUT2D eigenvalue weighted by molar-refractivity contribution is -0.137. The number of carbonyl (C=O) groups excluding carboxylic acids is 1. The maximum Gasteiger partial charge on any atom is 0.349 e. The Morgan fingerprint density at radius 1 is 1.44 bits per heavy atom. The summed E-state index contributed by atoms with van der Waals surface area (Å²) in [6.07, 6.45) is 0. The first-order chi connectivity index (χ1) is 8.63. The number of allylic oxidation sites excluding steroid dienone is 1. The van der Waals surface area contributed by atoms with E-state index in [1.165, 1.54) is 0 Å². The zero-order valence-electron chi connectivity index (χ0n) is 10.7. The van der Waals surface area contributed by atoms with Gasteiger partial charge in [0.1, 0.15) is 17.4 Å². The standard InChI is InChI=1S/C14H15NO3/c1-4-18-14(16)13(9-15)10(2)11-6-5-7-12(8-11)17-3/h5-8H,4H2,1-3H3/b13-10+. The van der Waals surface area contributed by atoms with E-state index >= 15 is 0 Å². The van der Waals surface area contributed by atoms with Crippen LogP contribution in [0.25, 0.3) is 5.57 Å². The maximum atomic E-state index is 11.6. The molecule has 4 heteroatoms. The Labute approximate surface area is 106 Å². The average molecular weight is 245 g/mol. The smallest absolute Gasteiger partial charge is 0.349 e. The number of rotatable bonds is 4. The van der Waals surface area contributed by atoms with Crippen molar-refractivity contribution in [3.63, 3.8) is 0 Å². The minimum atomic E-state index is -0.597. The molecule has 4 nitrogen and oxygen atoms in total. The fraction of sp³-hybridized carbons (Fsp3) is 0.286. The van der Waals surface area contributed by atoms with Gasteiger partial charge in [-0.3, -0.25) is 0 Å². The normalized spacial score (nSPS) is 11.2. The maximum absolute atomic E-state index is 11.6. The van der Waals surface area contributed by atoms with E-state index in [-0.39, 0.29) is 12.2 Å². The van der Waals surface area contributed by atoms with E-state index in [1.54, 1.807) is 39.2 Å². The molecular weight excluding hydrogens is 230 g/mol. The summed E-state index contributed by atoms with van der Waals surface area (Å²) in [5.74, 6) is 0.0771. The number of esters is 1. The van der Waals surface area contributed by atoms with Crippen LogP contribution in [-0.4, -0.2) is 19.7 Å². The van der Waals surface area contributed by atoms with E-state index in [4.69, 9.17) is 14.7 Å². The number of ether oxygens (including phenoxy) is 2. The van der Waals surface area contributed by atoms with E-state index in [2.05, 4.69) is 0 Å². The number of hydrogen-bond donors (Lipinski definition) is 0. The van der Waals surface area contributed by atoms with Crippen molar-refractivity contribution in [1.82, 2.24) is 0 Å². The average Bonchev–Trinajstić information content (AvgIpc) is 2.40. The van der Waals surface area contributed by atoms with Crippen LogP contribution >= 0.6 is 0 Å². The number of nitriles is 1. The highest BCUT2D eigenvalue weighted by atomic mass is 16.5. The molecule has 0 saturated heterocycles. The highest BCUT2D eigenvalue weighted by molar-refractivity contribution is 6.01. The summed E-state index contributed by atoms with van der Waals surface area (Å²) >= 11 is 0. The minimum Gasteiger partial charge on any atom is -0.497 e. The van der Waals surface area contributed by atoms with Crippen molar-refractivity contribution in [3.05, 3.63) is 35.4 Å². The Bertz CT molecular complexity index is 512. The lowest BCUT2D eigenvalue weighted by atomic mass is 10.0. The van der Waals surface area contributed by atoms with Gasteiger partial charge in [0.05, 0.1) is 13.7 Å². The van der Waals surface area contributed by atoms with Gasteiger partial charge in [0.15, 0.2) is 0 Å². The third-order valence-electron chi connectivity index (χ3n) is 2.47. The van der Waals surface area contributed by atoms with Crippen molar-refractivity contribution >= 4 is 11.5 Å². The van der Waals surface area contributed by atoms with E-state index in [9.17, 15) is 4.79 Å². The second-order valence-corrected chi connectivity index (χ2v) is 3.56. The van der Waals surface area contributed by atoms with Crippen LogP contribution in [0.5, 0.6) is 5.75 Å². The van der Waals surface area contributed by atoms with Gasteiger partial charge < -0.3 is 9.47 Å². The van der Waals surface area contributed by atoms with Crippen LogP contribution < -0.4 is 4.74 Å². The van der Waals surface area contributed by atoms with Crippen molar-refractivity contribution in [2.75, 3.05) is 13.7 Å². The van der Waals surface area contributed by atoms with Crippen LogP contribution in [0.2, 0.25) is 0 Å². The molecule has 0 aliphatic carbocycles. The number of hydrogen-bond acceptors (Lipinski definition) is 4. The third-order valence-corrected chi connectivity index (χ3v) is 2.47. The first-order valence-electron chi connectivity index (χ1n) is 5.56. The summed E-state index contributed by atoms with van der Waals surface area (Å²) in [5.41, 5.74) is 1.36. The monoisotopic (exact) mass is 245 g/mol. The van der Waals surface area contributed by atoms with Gasteiger partial charge in [0.25, 0.3) is 0 Å². The summed E-state index contributed by atoms with van der Waals surface area (Å²) in [6, 6.07) is 9.07. The van der Waals surface area contributed by atoms with E-state index < -0.39 is 5.97 Å².